The quantitative estimate of drug-likeness (QED) is 0.395. The minimum Gasteiger partial charge on any atom is -0.497 e. The maximum Gasteiger partial charge on any atom is 0.404 e. The molecule has 2 amide bonds. The van der Waals surface area contributed by atoms with E-state index in [0.717, 1.165) is 42.5 Å². The van der Waals surface area contributed by atoms with Crippen LogP contribution in [-0.2, 0) is 20.1 Å². The molecule has 1 saturated carbocycles. The molecule has 2 aliphatic rings. The van der Waals surface area contributed by atoms with Crippen molar-refractivity contribution in [2.75, 3.05) is 19.5 Å². The van der Waals surface area contributed by atoms with Gasteiger partial charge >= 0.3 is 6.09 Å². The van der Waals surface area contributed by atoms with E-state index >= 15 is 0 Å². The highest BCUT2D eigenvalue weighted by Gasteiger charge is 2.35. The van der Waals surface area contributed by atoms with Crippen LogP contribution in [0.3, 0.4) is 0 Å². The van der Waals surface area contributed by atoms with E-state index in [-0.39, 0.29) is 18.0 Å². The third-order valence-corrected chi connectivity index (χ3v) is 7.56. The summed E-state index contributed by atoms with van der Waals surface area (Å²) in [5.74, 6) is 1.49. The summed E-state index contributed by atoms with van der Waals surface area (Å²) in [5.41, 5.74) is 4.04. The molecule has 2 aromatic heterocycles. The van der Waals surface area contributed by atoms with Gasteiger partial charge in [-0.2, -0.15) is 5.10 Å². The van der Waals surface area contributed by atoms with Crippen molar-refractivity contribution < 1.29 is 24.2 Å². The number of ether oxygens (including phenoxy) is 2. The molecule has 0 saturated heterocycles. The summed E-state index contributed by atoms with van der Waals surface area (Å²) in [5, 5.41) is 19.7. The fourth-order valence-corrected chi connectivity index (χ4v) is 5.36. The topological polar surface area (TPSA) is 144 Å². The van der Waals surface area contributed by atoms with Crippen molar-refractivity contribution in [3.8, 4) is 22.8 Å². The number of methoxy groups -OCH3 is 2. The molecule has 1 aromatic carbocycles. The summed E-state index contributed by atoms with van der Waals surface area (Å²) in [6, 6.07) is 5.10. The number of carboxylic acid groups (broad SMARTS) is 1. The van der Waals surface area contributed by atoms with Crippen LogP contribution in [0, 0.1) is 6.92 Å². The first kappa shape index (κ1) is 26.3. The van der Waals surface area contributed by atoms with Crippen LogP contribution < -0.4 is 20.1 Å². The summed E-state index contributed by atoms with van der Waals surface area (Å²) in [7, 11) is 5.02. The summed E-state index contributed by atoms with van der Waals surface area (Å²) in [4.78, 5) is 36.4. The number of carbonyl (C=O) groups excluding carboxylic acids is 1. The lowest BCUT2D eigenvalue weighted by atomic mass is 9.90. The monoisotopic (exact) mass is 535 g/mol. The number of aryl methyl sites for hydroxylation is 1. The van der Waals surface area contributed by atoms with Crippen LogP contribution in [0.1, 0.15) is 53.0 Å². The van der Waals surface area contributed by atoms with Crippen LogP contribution in [0.2, 0.25) is 0 Å². The number of amides is 2. The van der Waals surface area contributed by atoms with E-state index in [0.29, 0.717) is 47.5 Å². The Bertz CT molecular complexity index is 1410. The summed E-state index contributed by atoms with van der Waals surface area (Å²) in [6.45, 7) is 2.55. The van der Waals surface area contributed by atoms with E-state index < -0.39 is 6.09 Å². The van der Waals surface area contributed by atoms with Crippen LogP contribution >= 0.6 is 0 Å². The Balaban J connectivity index is 1.50. The molecule has 2 atom stereocenters. The standard InChI is InChI=1S/C27H33N7O5/c1-15-18(12-28-33(15)2)24-23-21(30-26(32-24)29-19-7-5-6-8-20(19)31-27(36)37)14-34(25(23)35)13-16-9-10-17(38-3)11-22(16)39-4/h9-12,19-20,31H,5-8,13-14H2,1-4H3,(H,36,37)(H,29,30,32)/t19-,20+/m1/s1. The van der Waals surface area contributed by atoms with Gasteiger partial charge in [0.15, 0.2) is 0 Å². The zero-order valence-corrected chi connectivity index (χ0v) is 22.5. The third kappa shape index (κ3) is 5.18. The molecule has 0 radical (unpaired) electrons. The van der Waals surface area contributed by atoms with Gasteiger partial charge in [0.1, 0.15) is 11.5 Å². The fourth-order valence-electron chi connectivity index (χ4n) is 5.36. The van der Waals surface area contributed by atoms with Gasteiger partial charge in [-0.1, -0.05) is 12.8 Å². The van der Waals surface area contributed by atoms with Gasteiger partial charge < -0.3 is 30.1 Å². The second-order valence-electron chi connectivity index (χ2n) is 9.92. The van der Waals surface area contributed by atoms with Crippen LogP contribution in [-0.4, -0.2) is 68.1 Å². The lowest BCUT2D eigenvalue weighted by molar-refractivity contribution is 0.0765. The van der Waals surface area contributed by atoms with Crippen molar-refractivity contribution in [2.24, 2.45) is 7.05 Å². The van der Waals surface area contributed by atoms with Gasteiger partial charge in [-0.05, 0) is 31.9 Å². The van der Waals surface area contributed by atoms with E-state index in [1.165, 1.54) is 0 Å². The first-order valence-electron chi connectivity index (χ1n) is 12.9. The maximum atomic E-state index is 13.8. The molecular weight excluding hydrogens is 502 g/mol. The molecule has 1 fully saturated rings. The van der Waals surface area contributed by atoms with Gasteiger partial charge in [0.25, 0.3) is 5.91 Å². The number of nitrogens with one attached hydrogen (secondary N) is 2. The molecular formula is C27H33N7O5. The molecule has 3 aromatic rings. The van der Waals surface area contributed by atoms with Crippen LogP contribution in [0.15, 0.2) is 24.4 Å². The Labute approximate surface area is 226 Å². The molecule has 1 aliphatic carbocycles. The molecule has 12 nitrogen and oxygen atoms in total. The summed E-state index contributed by atoms with van der Waals surface area (Å²) >= 11 is 0. The van der Waals surface area contributed by atoms with E-state index in [1.807, 2.05) is 26.1 Å². The number of fused-ring (bicyclic) bond motifs is 1. The minimum absolute atomic E-state index is 0.160. The van der Waals surface area contributed by atoms with Crippen LogP contribution in [0.25, 0.3) is 11.3 Å². The predicted molar refractivity (Wildman–Crippen MR) is 143 cm³/mol. The maximum absolute atomic E-state index is 13.8. The molecule has 0 bridgehead atoms. The smallest absolute Gasteiger partial charge is 0.404 e. The Morgan fingerprint density at radius 3 is 2.59 bits per heavy atom. The van der Waals surface area contributed by atoms with Crippen molar-refractivity contribution in [1.82, 2.24) is 30.0 Å². The Kier molecular flexibility index (Phi) is 7.27. The van der Waals surface area contributed by atoms with Gasteiger partial charge in [-0.3, -0.25) is 9.48 Å². The highest BCUT2D eigenvalue weighted by atomic mass is 16.5. The average molecular weight is 536 g/mol. The van der Waals surface area contributed by atoms with Gasteiger partial charge in [0.05, 0.1) is 56.5 Å². The summed E-state index contributed by atoms with van der Waals surface area (Å²) < 4.78 is 12.6. The number of hydrogen-bond donors (Lipinski definition) is 3. The van der Waals surface area contributed by atoms with E-state index in [2.05, 4.69) is 15.7 Å². The molecule has 3 N–H and O–H groups in total. The number of benzene rings is 1. The normalized spacial score (nSPS) is 18.6. The number of anilines is 1. The lowest BCUT2D eigenvalue weighted by Gasteiger charge is -2.32. The molecule has 206 valence electrons. The van der Waals surface area contributed by atoms with E-state index in [1.54, 1.807) is 36.1 Å². The molecule has 1 aliphatic heterocycles. The molecule has 3 heterocycles. The molecule has 0 unspecified atom stereocenters. The average Bonchev–Trinajstić information content (AvgIpc) is 3.42. The third-order valence-electron chi connectivity index (χ3n) is 7.56. The Hall–Kier alpha value is -4.35. The molecule has 0 spiro atoms. The number of nitrogens with zero attached hydrogens (tertiary/aromatic N) is 5. The van der Waals surface area contributed by atoms with Crippen molar-refractivity contribution in [3.63, 3.8) is 0 Å². The second kappa shape index (κ2) is 10.8. The zero-order valence-electron chi connectivity index (χ0n) is 22.5. The van der Waals surface area contributed by atoms with Crippen LogP contribution in [0.4, 0.5) is 10.7 Å². The van der Waals surface area contributed by atoms with Gasteiger partial charge in [0.2, 0.25) is 5.95 Å². The van der Waals surface area contributed by atoms with Crippen LogP contribution in [0.5, 0.6) is 11.5 Å². The van der Waals surface area contributed by atoms with Crippen molar-refractivity contribution in [1.29, 1.82) is 0 Å². The predicted octanol–water partition coefficient (Wildman–Crippen LogP) is 3.35. The summed E-state index contributed by atoms with van der Waals surface area (Å²) in [6.07, 6.45) is 4.11. The minimum atomic E-state index is -1.05. The van der Waals surface area contributed by atoms with E-state index in [4.69, 9.17) is 19.4 Å². The Morgan fingerprint density at radius 2 is 1.92 bits per heavy atom. The number of carbonyl (C=O) groups is 2. The zero-order chi connectivity index (χ0) is 27.7. The molecule has 12 heteroatoms. The van der Waals surface area contributed by atoms with Gasteiger partial charge in [-0.25, -0.2) is 14.8 Å². The molecule has 39 heavy (non-hydrogen) atoms. The highest BCUT2D eigenvalue weighted by molar-refractivity contribution is 6.03. The number of aromatic nitrogens is 4. The fraction of sp³-hybridized carbons (Fsp3) is 0.444. The lowest BCUT2D eigenvalue weighted by Crippen LogP contribution is -2.48. The first-order chi connectivity index (χ1) is 18.8. The SMILES string of the molecule is COc1ccc(CN2Cc3nc(N[C@@H]4CCCC[C@@H]4NC(=O)O)nc(-c4cnn(C)c4C)c3C2=O)c(OC)c1. The molecule has 5 rings (SSSR count). The van der Waals surface area contributed by atoms with Crippen molar-refractivity contribution in [3.05, 3.63) is 46.9 Å². The second-order valence-corrected chi connectivity index (χ2v) is 9.92. The highest BCUT2D eigenvalue weighted by Crippen LogP contribution is 2.35. The largest absolute Gasteiger partial charge is 0.497 e. The number of hydrogen-bond acceptors (Lipinski definition) is 8. The number of rotatable bonds is 8. The van der Waals surface area contributed by atoms with Crippen molar-refractivity contribution >= 4 is 17.9 Å². The Morgan fingerprint density at radius 1 is 1.15 bits per heavy atom. The van der Waals surface area contributed by atoms with E-state index in [9.17, 15) is 14.7 Å². The first-order valence-corrected chi connectivity index (χ1v) is 12.9. The van der Waals surface area contributed by atoms with Gasteiger partial charge in [-0.15, -0.1) is 0 Å². The van der Waals surface area contributed by atoms with Crippen molar-refractivity contribution in [2.45, 2.75) is 57.8 Å². The van der Waals surface area contributed by atoms with Gasteiger partial charge in [0, 0.05) is 36.0 Å².